The van der Waals surface area contributed by atoms with Gasteiger partial charge in [0.2, 0.25) is 0 Å². The number of nitrogens with two attached hydrogens (primary N) is 1. The van der Waals surface area contributed by atoms with E-state index in [0.717, 1.165) is 29.7 Å². The average molecular weight is 566 g/mol. The van der Waals surface area contributed by atoms with Gasteiger partial charge in [-0.2, -0.15) is 13.2 Å². The molecule has 3 aromatic heterocycles. The van der Waals surface area contributed by atoms with Crippen molar-refractivity contribution in [3.05, 3.63) is 52.6 Å². The highest BCUT2D eigenvalue weighted by molar-refractivity contribution is 7.39. The number of aromatic nitrogens is 4. The fraction of sp³-hybridized carbons (Fsp3) is 0.250. The lowest BCUT2D eigenvalue weighted by Gasteiger charge is -2.14. The van der Waals surface area contributed by atoms with E-state index in [2.05, 4.69) is 19.7 Å². The molecule has 0 fully saturated rings. The second-order valence-corrected chi connectivity index (χ2v) is 9.71. The van der Waals surface area contributed by atoms with Gasteiger partial charge in [-0.25, -0.2) is 9.37 Å². The third-order valence-electron chi connectivity index (χ3n) is 4.82. The molecule has 0 saturated heterocycles. The molecular weight excluding hydrogens is 549 g/mol. The van der Waals surface area contributed by atoms with Crippen LogP contribution in [0.25, 0.3) is 26.9 Å². The van der Waals surface area contributed by atoms with Crippen LogP contribution in [0.5, 0.6) is 5.75 Å². The van der Waals surface area contributed by atoms with E-state index in [4.69, 9.17) is 31.9 Å². The molecule has 0 aliphatic heterocycles. The van der Waals surface area contributed by atoms with Gasteiger partial charge in [-0.1, -0.05) is 22.9 Å². The lowest BCUT2D eigenvalue weighted by atomic mass is 10.2. The molecule has 16 heteroatoms. The number of pyridine rings is 1. The standard InChI is InChI=1S/C20H17ClF4N5O4PS/c1-9-2-10(20(23,24)25)5-30-6-15(27-17(9)30)19-29-28-18(36-19)12-3-14(22)16(4-13(12)21)33-7-11(26)8-34-35(31)32/h2-6,11,31-32H,7-8,26H2,1H3. The van der Waals surface area contributed by atoms with Gasteiger partial charge in [-0.15, -0.1) is 10.2 Å². The molecule has 0 bridgehead atoms. The normalized spacial score (nSPS) is 13.1. The molecule has 36 heavy (non-hydrogen) atoms. The monoisotopic (exact) mass is 565 g/mol. The Balaban J connectivity index is 1.55. The van der Waals surface area contributed by atoms with Crippen molar-refractivity contribution in [1.29, 1.82) is 0 Å². The smallest absolute Gasteiger partial charge is 0.417 e. The van der Waals surface area contributed by atoms with Gasteiger partial charge in [0, 0.05) is 24.0 Å². The van der Waals surface area contributed by atoms with E-state index in [1.54, 1.807) is 0 Å². The Labute approximate surface area is 211 Å². The van der Waals surface area contributed by atoms with E-state index in [0.29, 0.717) is 21.9 Å². The molecule has 4 rings (SSSR count). The predicted octanol–water partition coefficient (Wildman–Crippen LogP) is 4.57. The first-order valence-electron chi connectivity index (χ1n) is 10.0. The molecule has 3 heterocycles. The molecule has 0 saturated carbocycles. The summed E-state index contributed by atoms with van der Waals surface area (Å²) in [6, 6.07) is 2.60. The summed E-state index contributed by atoms with van der Waals surface area (Å²) in [6.45, 7) is 1.14. The molecule has 0 aliphatic carbocycles. The third kappa shape index (κ3) is 5.92. The molecule has 0 radical (unpaired) electrons. The lowest BCUT2D eigenvalue weighted by molar-refractivity contribution is -0.137. The number of imidazole rings is 1. The van der Waals surface area contributed by atoms with Crippen LogP contribution >= 0.6 is 31.5 Å². The Hall–Kier alpha value is -2.45. The first kappa shape index (κ1) is 26.6. The number of benzene rings is 1. The number of hydrogen-bond acceptors (Lipinski definition) is 9. The number of ether oxygens (including phenoxy) is 1. The number of halogens is 5. The van der Waals surface area contributed by atoms with Crippen LogP contribution < -0.4 is 10.5 Å². The van der Waals surface area contributed by atoms with E-state index in [1.807, 2.05) is 0 Å². The SMILES string of the molecule is Cc1cc(C(F)(F)F)cn2cc(-c3nnc(-c4cc(F)c(OCC(N)COP(O)O)cc4Cl)s3)nc12. The fourth-order valence-electron chi connectivity index (χ4n) is 3.17. The third-order valence-corrected chi connectivity index (χ3v) is 6.49. The minimum absolute atomic E-state index is 0.105. The molecule has 9 nitrogen and oxygen atoms in total. The fourth-order valence-corrected chi connectivity index (χ4v) is 4.62. The summed E-state index contributed by atoms with van der Waals surface area (Å²) in [5.74, 6) is -0.940. The molecule has 1 aromatic carbocycles. The molecule has 0 spiro atoms. The lowest BCUT2D eigenvalue weighted by Crippen LogP contribution is -2.32. The summed E-state index contributed by atoms with van der Waals surface area (Å²) in [5.41, 5.74) is 6.09. The molecule has 192 valence electrons. The Bertz CT molecular complexity index is 1400. The van der Waals surface area contributed by atoms with E-state index in [-0.39, 0.29) is 34.6 Å². The van der Waals surface area contributed by atoms with Crippen LogP contribution in [0.4, 0.5) is 17.6 Å². The molecule has 0 aliphatic rings. The van der Waals surface area contributed by atoms with Crippen molar-refractivity contribution in [3.8, 4) is 27.0 Å². The topological polar surface area (TPSA) is 128 Å². The van der Waals surface area contributed by atoms with Crippen LogP contribution in [0, 0.1) is 12.7 Å². The van der Waals surface area contributed by atoms with Gasteiger partial charge in [0.1, 0.15) is 23.0 Å². The molecule has 0 amide bonds. The van der Waals surface area contributed by atoms with Crippen LogP contribution in [0.15, 0.2) is 30.6 Å². The Morgan fingerprint density at radius 2 is 1.89 bits per heavy atom. The van der Waals surface area contributed by atoms with Crippen LogP contribution in [0.1, 0.15) is 11.1 Å². The highest BCUT2D eigenvalue weighted by Crippen LogP contribution is 2.37. The van der Waals surface area contributed by atoms with Crippen molar-refractivity contribution in [3.63, 3.8) is 0 Å². The maximum atomic E-state index is 14.6. The van der Waals surface area contributed by atoms with Crippen LogP contribution in [0.3, 0.4) is 0 Å². The number of aryl methyl sites for hydroxylation is 1. The summed E-state index contributed by atoms with van der Waals surface area (Å²) in [6.07, 6.45) is -2.15. The zero-order valence-corrected chi connectivity index (χ0v) is 20.7. The first-order valence-corrected chi connectivity index (χ1v) is 12.4. The predicted molar refractivity (Wildman–Crippen MR) is 125 cm³/mol. The van der Waals surface area contributed by atoms with Gasteiger partial charge in [0.15, 0.2) is 16.6 Å². The Morgan fingerprint density at radius 1 is 1.17 bits per heavy atom. The number of alkyl halides is 3. The van der Waals surface area contributed by atoms with Crippen molar-refractivity contribution in [2.45, 2.75) is 19.1 Å². The average Bonchev–Trinajstić information content (AvgIpc) is 3.45. The summed E-state index contributed by atoms with van der Waals surface area (Å²) in [4.78, 5) is 21.8. The number of fused-ring (bicyclic) bond motifs is 1. The molecular formula is C20H17ClF4N5O4PS. The van der Waals surface area contributed by atoms with Gasteiger partial charge in [0.05, 0.1) is 23.2 Å². The van der Waals surface area contributed by atoms with Crippen molar-refractivity contribution in [2.24, 2.45) is 5.73 Å². The van der Waals surface area contributed by atoms with Gasteiger partial charge in [-0.05, 0) is 24.6 Å². The van der Waals surface area contributed by atoms with Gasteiger partial charge in [-0.3, -0.25) is 0 Å². The highest BCUT2D eigenvalue weighted by atomic mass is 35.5. The van der Waals surface area contributed by atoms with Crippen LogP contribution in [0.2, 0.25) is 5.02 Å². The highest BCUT2D eigenvalue weighted by Gasteiger charge is 2.31. The van der Waals surface area contributed by atoms with E-state index < -0.39 is 32.2 Å². The van der Waals surface area contributed by atoms with E-state index in [9.17, 15) is 17.6 Å². The van der Waals surface area contributed by atoms with Crippen molar-refractivity contribution in [1.82, 2.24) is 19.6 Å². The second-order valence-electron chi connectivity index (χ2n) is 7.56. The number of rotatable bonds is 8. The quantitative estimate of drug-likeness (QED) is 0.209. The minimum atomic E-state index is -4.50. The Morgan fingerprint density at radius 3 is 2.58 bits per heavy atom. The van der Waals surface area contributed by atoms with Gasteiger partial charge in [0.25, 0.3) is 0 Å². The van der Waals surface area contributed by atoms with Crippen molar-refractivity contribution >= 4 is 37.2 Å². The summed E-state index contributed by atoms with van der Waals surface area (Å²) in [7, 11) is -2.56. The van der Waals surface area contributed by atoms with Gasteiger partial charge < -0.3 is 29.2 Å². The van der Waals surface area contributed by atoms with E-state index in [1.165, 1.54) is 23.6 Å². The maximum Gasteiger partial charge on any atom is 0.417 e. The Kier molecular flexibility index (Phi) is 7.76. The van der Waals surface area contributed by atoms with E-state index >= 15 is 0 Å². The van der Waals surface area contributed by atoms with Crippen LogP contribution in [-0.4, -0.2) is 48.6 Å². The van der Waals surface area contributed by atoms with Crippen molar-refractivity contribution < 1.29 is 36.6 Å². The van der Waals surface area contributed by atoms with Crippen molar-refractivity contribution in [2.75, 3.05) is 13.2 Å². The second kappa shape index (κ2) is 10.5. The molecule has 1 unspecified atom stereocenters. The minimum Gasteiger partial charge on any atom is -0.489 e. The summed E-state index contributed by atoms with van der Waals surface area (Å²) >= 11 is 7.33. The summed E-state index contributed by atoms with van der Waals surface area (Å²) < 4.78 is 65.2. The summed E-state index contributed by atoms with van der Waals surface area (Å²) in [5, 5.41) is 8.73. The zero-order valence-electron chi connectivity index (χ0n) is 18.2. The zero-order chi connectivity index (χ0) is 26.2. The van der Waals surface area contributed by atoms with Gasteiger partial charge >= 0.3 is 14.8 Å². The largest absolute Gasteiger partial charge is 0.489 e. The first-order chi connectivity index (χ1) is 16.9. The van der Waals surface area contributed by atoms with Crippen LogP contribution in [-0.2, 0) is 10.7 Å². The number of hydrogen-bond donors (Lipinski definition) is 3. The molecule has 1 atom stereocenters. The maximum absolute atomic E-state index is 14.6. The number of nitrogens with zero attached hydrogens (tertiary/aromatic N) is 4. The molecule has 4 aromatic rings. The molecule has 4 N–H and O–H groups in total.